The maximum absolute atomic E-state index is 13.7. The van der Waals surface area contributed by atoms with Crippen molar-refractivity contribution in [3.63, 3.8) is 0 Å². The van der Waals surface area contributed by atoms with Crippen molar-refractivity contribution in [1.29, 1.82) is 0 Å². The SMILES string of the molecule is Cc1ccc(CN(C(=O)c2cnsn2)[C@H](C(=O)NC2CCCCC2)c2ccc(F)cc2)c(C)c1. The Morgan fingerprint density at radius 2 is 1.85 bits per heavy atom. The molecule has 1 atom stereocenters. The van der Waals surface area contributed by atoms with Gasteiger partial charge in [-0.3, -0.25) is 9.59 Å². The lowest BCUT2D eigenvalue weighted by molar-refractivity contribution is -0.127. The summed E-state index contributed by atoms with van der Waals surface area (Å²) < 4.78 is 21.9. The van der Waals surface area contributed by atoms with Crippen LogP contribution in [0.4, 0.5) is 4.39 Å². The molecule has 1 N–H and O–H groups in total. The average Bonchev–Trinajstić information content (AvgIpc) is 3.36. The molecule has 1 aliphatic carbocycles. The van der Waals surface area contributed by atoms with Crippen molar-refractivity contribution in [2.75, 3.05) is 0 Å². The minimum Gasteiger partial charge on any atom is -0.351 e. The van der Waals surface area contributed by atoms with Crippen LogP contribution in [0.3, 0.4) is 0 Å². The van der Waals surface area contributed by atoms with Crippen LogP contribution < -0.4 is 5.32 Å². The fraction of sp³-hybridized carbons (Fsp3) is 0.385. The van der Waals surface area contributed by atoms with Gasteiger partial charge in [-0.2, -0.15) is 8.75 Å². The number of carbonyl (C=O) groups excluding carboxylic acids is 2. The number of rotatable bonds is 7. The first kappa shape index (κ1) is 24.0. The quantitative estimate of drug-likeness (QED) is 0.509. The molecule has 1 aromatic heterocycles. The molecule has 0 spiro atoms. The normalized spacial score (nSPS) is 15.0. The molecule has 8 heteroatoms. The number of aryl methyl sites for hydroxylation is 2. The van der Waals surface area contributed by atoms with Crippen LogP contribution in [-0.2, 0) is 11.3 Å². The minimum absolute atomic E-state index is 0.0724. The number of benzene rings is 2. The van der Waals surface area contributed by atoms with Crippen molar-refractivity contribution < 1.29 is 14.0 Å². The van der Waals surface area contributed by atoms with Crippen molar-refractivity contribution in [3.8, 4) is 0 Å². The van der Waals surface area contributed by atoms with E-state index in [0.29, 0.717) is 5.56 Å². The molecular formula is C26H29FN4O2S. The second-order valence-corrected chi connectivity index (χ2v) is 9.51. The molecule has 0 radical (unpaired) electrons. The maximum atomic E-state index is 13.7. The Labute approximate surface area is 203 Å². The van der Waals surface area contributed by atoms with E-state index in [9.17, 15) is 14.0 Å². The third-order valence-corrected chi connectivity index (χ3v) is 6.86. The van der Waals surface area contributed by atoms with Crippen molar-refractivity contribution in [2.45, 2.75) is 64.6 Å². The Hall–Kier alpha value is -3.13. The molecule has 0 bridgehead atoms. The number of hydrogen-bond donors (Lipinski definition) is 1. The molecule has 1 fully saturated rings. The highest BCUT2D eigenvalue weighted by Gasteiger charge is 2.34. The van der Waals surface area contributed by atoms with Crippen molar-refractivity contribution in [3.05, 3.63) is 82.4 Å². The standard InChI is InChI=1S/C26H29FN4O2S/c1-17-8-9-20(18(2)14-17)16-31(26(33)23-15-28-34-30-23)24(19-10-12-21(27)13-11-19)25(32)29-22-6-4-3-5-7-22/h8-15,22,24H,3-7,16H2,1-2H3,(H,29,32)/t24-/m0/s1. The first-order valence-electron chi connectivity index (χ1n) is 11.6. The summed E-state index contributed by atoms with van der Waals surface area (Å²) in [5.41, 5.74) is 3.82. The number of halogens is 1. The largest absolute Gasteiger partial charge is 0.351 e. The molecule has 178 valence electrons. The molecule has 34 heavy (non-hydrogen) atoms. The van der Waals surface area contributed by atoms with Gasteiger partial charge in [-0.15, -0.1) is 0 Å². The highest BCUT2D eigenvalue weighted by atomic mass is 32.1. The summed E-state index contributed by atoms with van der Waals surface area (Å²) in [6.45, 7) is 4.21. The number of aromatic nitrogens is 2. The van der Waals surface area contributed by atoms with Crippen LogP contribution in [0.2, 0.25) is 0 Å². The summed E-state index contributed by atoms with van der Waals surface area (Å²) >= 11 is 0.945. The first-order valence-corrected chi connectivity index (χ1v) is 12.4. The summed E-state index contributed by atoms with van der Waals surface area (Å²) in [4.78, 5) is 28.9. The fourth-order valence-electron chi connectivity index (χ4n) is 4.54. The monoisotopic (exact) mass is 480 g/mol. The number of nitrogens with one attached hydrogen (secondary N) is 1. The van der Waals surface area contributed by atoms with Gasteiger partial charge in [-0.25, -0.2) is 4.39 Å². The molecule has 0 aliphatic heterocycles. The van der Waals surface area contributed by atoms with Crippen molar-refractivity contribution in [1.82, 2.24) is 19.0 Å². The van der Waals surface area contributed by atoms with Gasteiger partial charge < -0.3 is 10.2 Å². The zero-order chi connectivity index (χ0) is 24.1. The highest BCUT2D eigenvalue weighted by Crippen LogP contribution is 2.28. The highest BCUT2D eigenvalue weighted by molar-refractivity contribution is 6.99. The molecule has 1 heterocycles. The summed E-state index contributed by atoms with van der Waals surface area (Å²) in [7, 11) is 0. The maximum Gasteiger partial charge on any atom is 0.276 e. The smallest absolute Gasteiger partial charge is 0.276 e. The molecule has 1 saturated carbocycles. The molecule has 2 amide bonds. The number of amides is 2. The lowest BCUT2D eigenvalue weighted by Gasteiger charge is -2.33. The van der Waals surface area contributed by atoms with Gasteiger partial charge in [-0.1, -0.05) is 55.2 Å². The predicted molar refractivity (Wildman–Crippen MR) is 130 cm³/mol. The van der Waals surface area contributed by atoms with Gasteiger partial charge in [0, 0.05) is 12.6 Å². The van der Waals surface area contributed by atoms with Gasteiger partial charge in [-0.05, 0) is 55.5 Å². The lowest BCUT2D eigenvalue weighted by Crippen LogP contribution is -2.47. The molecule has 3 aromatic rings. The van der Waals surface area contributed by atoms with Gasteiger partial charge >= 0.3 is 0 Å². The average molecular weight is 481 g/mol. The summed E-state index contributed by atoms with van der Waals surface area (Å²) in [5, 5.41) is 3.16. The molecular weight excluding hydrogens is 451 g/mol. The third kappa shape index (κ3) is 5.67. The molecule has 1 aliphatic rings. The van der Waals surface area contributed by atoms with E-state index in [-0.39, 0.29) is 30.1 Å². The molecule has 0 saturated heterocycles. The van der Waals surface area contributed by atoms with Gasteiger partial charge in [0.1, 0.15) is 11.9 Å². The Kier molecular flexibility index (Phi) is 7.67. The number of carbonyl (C=O) groups is 2. The molecule has 0 unspecified atom stereocenters. The zero-order valence-corrected chi connectivity index (χ0v) is 20.3. The minimum atomic E-state index is -0.933. The van der Waals surface area contributed by atoms with Crippen LogP contribution in [-0.4, -0.2) is 31.5 Å². The van der Waals surface area contributed by atoms with Crippen LogP contribution in [0.5, 0.6) is 0 Å². The second kappa shape index (κ2) is 10.9. The Morgan fingerprint density at radius 3 is 2.50 bits per heavy atom. The van der Waals surface area contributed by atoms with E-state index in [2.05, 4.69) is 20.1 Å². The summed E-state index contributed by atoms with van der Waals surface area (Å²) in [6, 6.07) is 10.9. The molecule has 4 rings (SSSR count). The Bertz CT molecular complexity index is 1130. The molecule has 6 nitrogen and oxygen atoms in total. The summed E-state index contributed by atoms with van der Waals surface area (Å²) in [6.07, 6.45) is 6.57. The van der Waals surface area contributed by atoms with E-state index in [1.807, 2.05) is 26.0 Å². The third-order valence-electron chi connectivity index (χ3n) is 6.38. The summed E-state index contributed by atoms with van der Waals surface area (Å²) in [5.74, 6) is -1.05. The predicted octanol–water partition coefficient (Wildman–Crippen LogP) is 5.13. The fourth-order valence-corrected chi connectivity index (χ4v) is 4.95. The molecule has 2 aromatic carbocycles. The van der Waals surface area contributed by atoms with Crippen LogP contribution in [0.15, 0.2) is 48.7 Å². The zero-order valence-electron chi connectivity index (χ0n) is 19.5. The van der Waals surface area contributed by atoms with Gasteiger partial charge in [0.25, 0.3) is 5.91 Å². The van der Waals surface area contributed by atoms with Gasteiger partial charge in [0.2, 0.25) is 5.91 Å². The van der Waals surface area contributed by atoms with Crippen LogP contribution in [0, 0.1) is 19.7 Å². The van der Waals surface area contributed by atoms with E-state index < -0.39 is 11.9 Å². The number of hydrogen-bond acceptors (Lipinski definition) is 5. The van der Waals surface area contributed by atoms with Crippen molar-refractivity contribution >= 4 is 23.5 Å². The van der Waals surface area contributed by atoms with Gasteiger partial charge in [0.15, 0.2) is 5.69 Å². The Morgan fingerprint density at radius 1 is 1.12 bits per heavy atom. The van der Waals surface area contributed by atoms with Crippen molar-refractivity contribution in [2.24, 2.45) is 0 Å². The van der Waals surface area contributed by atoms with Gasteiger partial charge in [0.05, 0.1) is 17.9 Å². The van der Waals surface area contributed by atoms with E-state index in [1.165, 1.54) is 29.7 Å². The van der Waals surface area contributed by atoms with E-state index >= 15 is 0 Å². The van der Waals surface area contributed by atoms with E-state index in [4.69, 9.17) is 0 Å². The second-order valence-electron chi connectivity index (χ2n) is 8.95. The van der Waals surface area contributed by atoms with E-state index in [0.717, 1.165) is 54.1 Å². The lowest BCUT2D eigenvalue weighted by atomic mass is 9.94. The number of nitrogens with zero attached hydrogens (tertiary/aromatic N) is 3. The Balaban J connectivity index is 1.74. The van der Waals surface area contributed by atoms with Crippen LogP contribution in [0.1, 0.15) is 70.9 Å². The van der Waals surface area contributed by atoms with Crippen LogP contribution in [0.25, 0.3) is 0 Å². The first-order chi connectivity index (χ1) is 16.4. The topological polar surface area (TPSA) is 75.2 Å². The van der Waals surface area contributed by atoms with E-state index in [1.54, 1.807) is 12.1 Å². The van der Waals surface area contributed by atoms with Crippen LogP contribution >= 0.6 is 11.7 Å².